The molecule has 3 nitrogen and oxygen atoms in total. The van der Waals surface area contributed by atoms with Crippen LogP contribution in [0, 0.1) is 5.41 Å². The highest BCUT2D eigenvalue weighted by Gasteiger charge is 2.29. The number of fused-ring (bicyclic) bond motifs is 1. The third-order valence-corrected chi connectivity index (χ3v) is 4.12. The van der Waals surface area contributed by atoms with Gasteiger partial charge in [0.25, 0.3) is 0 Å². The van der Waals surface area contributed by atoms with Crippen LogP contribution in [0.2, 0.25) is 0 Å². The van der Waals surface area contributed by atoms with Gasteiger partial charge in [-0.05, 0) is 29.5 Å². The van der Waals surface area contributed by atoms with Crippen molar-refractivity contribution < 1.29 is 9.90 Å². The Morgan fingerprint density at radius 2 is 2.05 bits per heavy atom. The summed E-state index contributed by atoms with van der Waals surface area (Å²) in [4.78, 5) is 14.4. The minimum absolute atomic E-state index is 0.202. The first-order valence-corrected chi connectivity index (χ1v) is 7.92. The summed E-state index contributed by atoms with van der Waals surface area (Å²) in [6.45, 7) is 9.42. The van der Waals surface area contributed by atoms with Crippen LogP contribution in [0.15, 0.2) is 18.2 Å². The number of hydrogen-bond acceptors (Lipinski definition) is 2. The molecule has 1 unspecified atom stereocenters. The zero-order chi connectivity index (χ0) is 15.6. The van der Waals surface area contributed by atoms with Crippen molar-refractivity contribution in [2.24, 2.45) is 5.41 Å². The van der Waals surface area contributed by atoms with Gasteiger partial charge in [-0.15, -0.1) is 0 Å². The fourth-order valence-corrected chi connectivity index (χ4v) is 2.87. The number of amides is 1. The first-order chi connectivity index (χ1) is 9.82. The number of carbonyl (C=O) groups is 1. The molecular formula is C18H27NO2. The molecule has 1 N–H and O–H groups in total. The molecule has 116 valence electrons. The van der Waals surface area contributed by atoms with E-state index in [-0.39, 0.29) is 11.3 Å². The zero-order valence-electron chi connectivity index (χ0n) is 13.6. The molecule has 1 atom stereocenters. The van der Waals surface area contributed by atoms with Gasteiger partial charge in [0.15, 0.2) is 0 Å². The standard InChI is InChI=1S/C18H27NO2/c1-5-6-16(20)14-8-7-13-9-10-19(12-15(13)11-14)17(21)18(2,3)4/h7-8,11,16,20H,5-6,9-10,12H2,1-4H3. The minimum Gasteiger partial charge on any atom is -0.388 e. The predicted octanol–water partition coefficient (Wildman–Crippen LogP) is 3.45. The van der Waals surface area contributed by atoms with Crippen LogP contribution in [-0.2, 0) is 17.8 Å². The molecule has 0 saturated heterocycles. The number of aliphatic hydroxyl groups excluding tert-OH is 1. The van der Waals surface area contributed by atoms with Crippen LogP contribution in [0.5, 0.6) is 0 Å². The predicted molar refractivity (Wildman–Crippen MR) is 84.9 cm³/mol. The monoisotopic (exact) mass is 289 g/mol. The fourth-order valence-electron chi connectivity index (χ4n) is 2.87. The third-order valence-electron chi connectivity index (χ3n) is 4.12. The maximum atomic E-state index is 12.4. The van der Waals surface area contributed by atoms with E-state index in [0.29, 0.717) is 6.54 Å². The van der Waals surface area contributed by atoms with Crippen LogP contribution < -0.4 is 0 Å². The van der Waals surface area contributed by atoms with Crippen molar-refractivity contribution in [2.75, 3.05) is 6.54 Å². The molecule has 21 heavy (non-hydrogen) atoms. The van der Waals surface area contributed by atoms with Crippen LogP contribution in [-0.4, -0.2) is 22.5 Å². The maximum absolute atomic E-state index is 12.4. The summed E-state index contributed by atoms with van der Waals surface area (Å²) in [7, 11) is 0. The Kier molecular flexibility index (Phi) is 4.72. The molecule has 2 rings (SSSR count). The topological polar surface area (TPSA) is 40.5 Å². The van der Waals surface area contributed by atoms with Gasteiger partial charge < -0.3 is 10.0 Å². The second-order valence-electron chi connectivity index (χ2n) is 7.06. The summed E-state index contributed by atoms with van der Waals surface area (Å²) in [6, 6.07) is 6.22. The molecule has 0 radical (unpaired) electrons. The second kappa shape index (κ2) is 6.18. The van der Waals surface area contributed by atoms with Crippen molar-refractivity contribution in [1.29, 1.82) is 0 Å². The number of rotatable bonds is 3. The summed E-state index contributed by atoms with van der Waals surface area (Å²) in [5.41, 5.74) is 3.13. The number of nitrogens with zero attached hydrogens (tertiary/aromatic N) is 1. The molecule has 1 aliphatic heterocycles. The van der Waals surface area contributed by atoms with Crippen molar-refractivity contribution in [2.45, 2.75) is 59.6 Å². The number of hydrogen-bond donors (Lipinski definition) is 1. The normalized spacial score (nSPS) is 16.5. The van der Waals surface area contributed by atoms with Crippen LogP contribution in [0.25, 0.3) is 0 Å². The molecule has 1 heterocycles. The van der Waals surface area contributed by atoms with Gasteiger partial charge in [-0.3, -0.25) is 4.79 Å². The Labute approximate surface area is 128 Å². The molecule has 1 aromatic carbocycles. The van der Waals surface area contributed by atoms with E-state index in [9.17, 15) is 9.90 Å². The smallest absolute Gasteiger partial charge is 0.228 e. The Balaban J connectivity index is 2.19. The summed E-state index contributed by atoms with van der Waals surface area (Å²) < 4.78 is 0. The Hall–Kier alpha value is -1.35. The van der Waals surface area contributed by atoms with Crippen molar-refractivity contribution in [1.82, 2.24) is 4.90 Å². The molecule has 0 aliphatic carbocycles. The molecule has 0 bridgehead atoms. The van der Waals surface area contributed by atoms with E-state index in [0.717, 1.165) is 31.4 Å². The van der Waals surface area contributed by atoms with E-state index in [1.165, 1.54) is 11.1 Å². The van der Waals surface area contributed by atoms with Gasteiger partial charge in [-0.2, -0.15) is 0 Å². The second-order valence-corrected chi connectivity index (χ2v) is 7.06. The fraction of sp³-hybridized carbons (Fsp3) is 0.611. The average Bonchev–Trinajstić information content (AvgIpc) is 2.44. The molecule has 1 amide bonds. The SMILES string of the molecule is CCCC(O)c1ccc2c(c1)CN(C(=O)C(C)(C)C)CC2. The van der Waals surface area contributed by atoms with Crippen LogP contribution >= 0.6 is 0 Å². The van der Waals surface area contributed by atoms with Crippen LogP contribution in [0.1, 0.15) is 63.3 Å². The van der Waals surface area contributed by atoms with Gasteiger partial charge in [-0.1, -0.05) is 52.3 Å². The van der Waals surface area contributed by atoms with E-state index >= 15 is 0 Å². The lowest BCUT2D eigenvalue weighted by Gasteiger charge is -2.34. The molecule has 0 saturated carbocycles. The van der Waals surface area contributed by atoms with Crippen molar-refractivity contribution in [3.05, 3.63) is 34.9 Å². The van der Waals surface area contributed by atoms with Crippen molar-refractivity contribution >= 4 is 5.91 Å². The zero-order valence-corrected chi connectivity index (χ0v) is 13.6. The van der Waals surface area contributed by atoms with E-state index in [1.54, 1.807) is 0 Å². The van der Waals surface area contributed by atoms with Crippen LogP contribution in [0.4, 0.5) is 0 Å². The largest absolute Gasteiger partial charge is 0.388 e. The quantitative estimate of drug-likeness (QED) is 0.926. The summed E-state index contributed by atoms with van der Waals surface area (Å²) >= 11 is 0. The highest BCUT2D eigenvalue weighted by Crippen LogP contribution is 2.27. The van der Waals surface area contributed by atoms with Crippen molar-refractivity contribution in [3.8, 4) is 0 Å². The van der Waals surface area contributed by atoms with Gasteiger partial charge in [0.05, 0.1) is 6.10 Å². The van der Waals surface area contributed by atoms with E-state index in [2.05, 4.69) is 19.1 Å². The van der Waals surface area contributed by atoms with Gasteiger partial charge in [0, 0.05) is 18.5 Å². The summed E-state index contributed by atoms with van der Waals surface area (Å²) in [5.74, 6) is 0.202. The maximum Gasteiger partial charge on any atom is 0.228 e. The van der Waals surface area contributed by atoms with Crippen LogP contribution in [0.3, 0.4) is 0 Å². The molecule has 3 heteroatoms. The van der Waals surface area contributed by atoms with E-state index in [1.807, 2.05) is 31.7 Å². The van der Waals surface area contributed by atoms with E-state index in [4.69, 9.17) is 0 Å². The Morgan fingerprint density at radius 1 is 1.33 bits per heavy atom. The van der Waals surface area contributed by atoms with Gasteiger partial charge >= 0.3 is 0 Å². The lowest BCUT2D eigenvalue weighted by molar-refractivity contribution is -0.140. The molecule has 0 fully saturated rings. The Bertz CT molecular complexity index is 516. The molecule has 1 aromatic rings. The molecule has 0 spiro atoms. The van der Waals surface area contributed by atoms with Gasteiger partial charge in [0.1, 0.15) is 0 Å². The minimum atomic E-state index is -0.394. The molecular weight excluding hydrogens is 262 g/mol. The lowest BCUT2D eigenvalue weighted by atomic mass is 9.91. The lowest BCUT2D eigenvalue weighted by Crippen LogP contribution is -2.42. The Morgan fingerprint density at radius 3 is 2.67 bits per heavy atom. The molecule has 1 aliphatic rings. The highest BCUT2D eigenvalue weighted by atomic mass is 16.3. The first kappa shape index (κ1) is 16.0. The van der Waals surface area contributed by atoms with Gasteiger partial charge in [0.2, 0.25) is 5.91 Å². The highest BCUT2D eigenvalue weighted by molar-refractivity contribution is 5.81. The third kappa shape index (κ3) is 3.65. The first-order valence-electron chi connectivity index (χ1n) is 7.92. The van der Waals surface area contributed by atoms with E-state index < -0.39 is 6.10 Å². The van der Waals surface area contributed by atoms with Gasteiger partial charge in [-0.25, -0.2) is 0 Å². The number of benzene rings is 1. The number of aliphatic hydroxyl groups is 1. The molecule has 0 aromatic heterocycles. The summed E-state index contributed by atoms with van der Waals surface area (Å²) in [6.07, 6.45) is 2.26. The average molecular weight is 289 g/mol. The number of carbonyl (C=O) groups excluding carboxylic acids is 1. The van der Waals surface area contributed by atoms with Crippen molar-refractivity contribution in [3.63, 3.8) is 0 Å². The summed E-state index contributed by atoms with van der Waals surface area (Å²) in [5, 5.41) is 10.1.